The van der Waals surface area contributed by atoms with Gasteiger partial charge < -0.3 is 20.1 Å². The fraction of sp³-hybridized carbons (Fsp3) is 0.769. The molecule has 2 N–H and O–H groups in total. The fourth-order valence-corrected chi connectivity index (χ4v) is 2.49. The lowest BCUT2D eigenvalue weighted by atomic mass is 9.99. The summed E-state index contributed by atoms with van der Waals surface area (Å²) < 4.78 is 5.16. The lowest BCUT2D eigenvalue weighted by Gasteiger charge is -2.27. The molecule has 1 heterocycles. The Hall–Kier alpha value is -1.28. The van der Waals surface area contributed by atoms with Crippen LogP contribution in [0.1, 0.15) is 20.3 Å². The predicted molar refractivity (Wildman–Crippen MR) is 79.2 cm³/mol. The number of hydrogen-bond acceptors (Lipinski definition) is 5. The maximum Gasteiger partial charge on any atom is 0.329 e. The van der Waals surface area contributed by atoms with Crippen molar-refractivity contribution in [3.8, 4) is 0 Å². The number of thioether (sulfide) groups is 1. The Balaban J connectivity index is 2.29. The maximum absolute atomic E-state index is 11.9. The summed E-state index contributed by atoms with van der Waals surface area (Å²) in [5.74, 6) is -1.18. The Kier molecular flexibility index (Phi) is 6.97. The predicted octanol–water partition coefficient (Wildman–Crippen LogP) is -0.0521. The first-order valence-corrected chi connectivity index (χ1v) is 8.02. The van der Waals surface area contributed by atoms with E-state index < -0.39 is 11.5 Å². The van der Waals surface area contributed by atoms with Crippen molar-refractivity contribution in [1.82, 2.24) is 10.2 Å². The van der Waals surface area contributed by atoms with Crippen LogP contribution in [-0.4, -0.2) is 71.1 Å². The van der Waals surface area contributed by atoms with E-state index in [9.17, 15) is 14.4 Å². The van der Waals surface area contributed by atoms with Crippen molar-refractivity contribution in [3.63, 3.8) is 0 Å². The molecule has 0 aliphatic carbocycles. The zero-order valence-electron chi connectivity index (χ0n) is 12.4. The van der Waals surface area contributed by atoms with Crippen LogP contribution in [0, 0.1) is 0 Å². The third-order valence-electron chi connectivity index (χ3n) is 3.42. The Morgan fingerprint density at radius 2 is 1.90 bits per heavy atom. The number of ether oxygens (including phenoxy) is 1. The van der Waals surface area contributed by atoms with Crippen LogP contribution in [0.25, 0.3) is 0 Å². The molecule has 1 unspecified atom stereocenters. The highest BCUT2D eigenvalue weighted by Crippen LogP contribution is 2.11. The van der Waals surface area contributed by atoms with Gasteiger partial charge in [-0.1, -0.05) is 6.92 Å². The van der Waals surface area contributed by atoms with Crippen molar-refractivity contribution < 1.29 is 24.2 Å². The summed E-state index contributed by atoms with van der Waals surface area (Å²) in [5.41, 5.74) is -1.26. The zero-order chi connectivity index (χ0) is 15.9. The molecule has 0 aromatic rings. The van der Waals surface area contributed by atoms with Crippen LogP contribution in [-0.2, 0) is 19.1 Å². The third kappa shape index (κ3) is 5.55. The van der Waals surface area contributed by atoms with Crippen molar-refractivity contribution in [3.05, 3.63) is 0 Å². The summed E-state index contributed by atoms with van der Waals surface area (Å²) >= 11 is 1.19. The van der Waals surface area contributed by atoms with Crippen LogP contribution in [0.3, 0.4) is 0 Å². The van der Waals surface area contributed by atoms with Gasteiger partial charge in [-0.3, -0.25) is 9.59 Å². The number of morpholine rings is 1. The van der Waals surface area contributed by atoms with Crippen LogP contribution >= 0.6 is 11.8 Å². The topological polar surface area (TPSA) is 95.9 Å². The molecular formula is C13H22N2O5S. The highest BCUT2D eigenvalue weighted by Gasteiger charge is 2.32. The first-order valence-electron chi connectivity index (χ1n) is 6.86. The van der Waals surface area contributed by atoms with E-state index in [1.807, 2.05) is 0 Å². The minimum Gasteiger partial charge on any atom is -0.480 e. The monoisotopic (exact) mass is 318 g/mol. The molecule has 2 amide bonds. The van der Waals surface area contributed by atoms with E-state index in [1.165, 1.54) is 18.7 Å². The second-order valence-electron chi connectivity index (χ2n) is 5.02. The molecule has 8 heteroatoms. The summed E-state index contributed by atoms with van der Waals surface area (Å²) in [7, 11) is 0. The highest BCUT2D eigenvalue weighted by molar-refractivity contribution is 8.00. The second kappa shape index (κ2) is 8.23. The van der Waals surface area contributed by atoms with Gasteiger partial charge in [0.2, 0.25) is 11.8 Å². The first kappa shape index (κ1) is 17.8. The van der Waals surface area contributed by atoms with Crippen LogP contribution in [0.2, 0.25) is 0 Å². The van der Waals surface area contributed by atoms with Crippen molar-refractivity contribution in [2.45, 2.75) is 25.8 Å². The molecule has 1 saturated heterocycles. The van der Waals surface area contributed by atoms with Gasteiger partial charge >= 0.3 is 5.97 Å². The van der Waals surface area contributed by atoms with Crippen molar-refractivity contribution in [1.29, 1.82) is 0 Å². The maximum atomic E-state index is 11.9. The average Bonchev–Trinajstić information content (AvgIpc) is 2.47. The van der Waals surface area contributed by atoms with Crippen LogP contribution in [0.4, 0.5) is 0 Å². The van der Waals surface area contributed by atoms with Crippen molar-refractivity contribution in [2.75, 3.05) is 37.8 Å². The van der Waals surface area contributed by atoms with E-state index in [0.717, 1.165) is 0 Å². The van der Waals surface area contributed by atoms with Crippen LogP contribution in [0.15, 0.2) is 0 Å². The molecule has 0 radical (unpaired) electrons. The van der Waals surface area contributed by atoms with Gasteiger partial charge in [0.1, 0.15) is 5.54 Å². The number of amides is 2. The number of rotatable bonds is 7. The molecule has 1 atom stereocenters. The summed E-state index contributed by atoms with van der Waals surface area (Å²) in [6.45, 7) is 5.42. The van der Waals surface area contributed by atoms with Crippen LogP contribution in [0.5, 0.6) is 0 Å². The highest BCUT2D eigenvalue weighted by atomic mass is 32.2. The average molecular weight is 318 g/mol. The summed E-state index contributed by atoms with van der Waals surface area (Å²) in [5, 5.41) is 11.6. The molecule has 21 heavy (non-hydrogen) atoms. The Morgan fingerprint density at radius 1 is 1.29 bits per heavy atom. The van der Waals surface area contributed by atoms with E-state index in [1.54, 1.807) is 11.8 Å². The van der Waals surface area contributed by atoms with Gasteiger partial charge in [-0.05, 0) is 13.3 Å². The van der Waals surface area contributed by atoms with Gasteiger partial charge in [0, 0.05) is 13.1 Å². The zero-order valence-corrected chi connectivity index (χ0v) is 13.2. The molecule has 1 rings (SSSR count). The molecule has 0 aromatic carbocycles. The molecule has 0 aromatic heterocycles. The van der Waals surface area contributed by atoms with E-state index in [0.29, 0.717) is 32.7 Å². The molecule has 1 aliphatic rings. The first-order chi connectivity index (χ1) is 9.89. The summed E-state index contributed by atoms with van der Waals surface area (Å²) in [4.78, 5) is 36.4. The van der Waals surface area contributed by atoms with E-state index in [-0.39, 0.29) is 23.3 Å². The van der Waals surface area contributed by atoms with Gasteiger partial charge in [-0.2, -0.15) is 0 Å². The third-order valence-corrected chi connectivity index (χ3v) is 4.33. The molecule has 7 nitrogen and oxygen atoms in total. The number of nitrogens with one attached hydrogen (secondary N) is 1. The Labute approximate surface area is 128 Å². The normalized spacial score (nSPS) is 17.9. The summed E-state index contributed by atoms with van der Waals surface area (Å²) in [6, 6.07) is 0. The molecular weight excluding hydrogens is 296 g/mol. The number of carbonyl (C=O) groups is 3. The van der Waals surface area contributed by atoms with Gasteiger partial charge in [0.25, 0.3) is 0 Å². The molecule has 0 bridgehead atoms. The standard InChI is InChI=1S/C13H22N2O5S/c1-3-13(2,12(18)19)14-10(16)8-21-9-11(17)15-4-6-20-7-5-15/h3-9H2,1-2H3,(H,14,16)(H,18,19). The van der Waals surface area contributed by atoms with E-state index in [4.69, 9.17) is 9.84 Å². The van der Waals surface area contributed by atoms with Crippen LogP contribution < -0.4 is 5.32 Å². The SMILES string of the molecule is CCC(C)(NC(=O)CSCC(=O)N1CCOCC1)C(=O)O. The fourth-order valence-electron chi connectivity index (χ4n) is 1.77. The molecule has 1 aliphatic heterocycles. The molecule has 0 spiro atoms. The van der Waals surface area contributed by atoms with Gasteiger partial charge in [-0.25, -0.2) is 4.79 Å². The number of nitrogens with zero attached hydrogens (tertiary/aromatic N) is 1. The number of carboxylic acid groups (broad SMARTS) is 1. The number of hydrogen-bond donors (Lipinski definition) is 2. The lowest BCUT2D eigenvalue weighted by molar-refractivity contribution is -0.146. The van der Waals surface area contributed by atoms with Crippen molar-refractivity contribution in [2.24, 2.45) is 0 Å². The Bertz CT molecular complexity index is 398. The smallest absolute Gasteiger partial charge is 0.329 e. The quantitative estimate of drug-likeness (QED) is 0.683. The number of carboxylic acids is 1. The minimum absolute atomic E-state index is 0.0208. The minimum atomic E-state index is -1.26. The number of carbonyl (C=O) groups excluding carboxylic acids is 2. The van der Waals surface area contributed by atoms with Gasteiger partial charge in [-0.15, -0.1) is 11.8 Å². The van der Waals surface area contributed by atoms with Crippen molar-refractivity contribution >= 4 is 29.5 Å². The van der Waals surface area contributed by atoms with E-state index in [2.05, 4.69) is 5.32 Å². The summed E-state index contributed by atoms with van der Waals surface area (Å²) in [6.07, 6.45) is 0.297. The Morgan fingerprint density at radius 3 is 2.43 bits per heavy atom. The lowest BCUT2D eigenvalue weighted by Crippen LogP contribution is -2.52. The van der Waals surface area contributed by atoms with Gasteiger partial charge in [0.15, 0.2) is 0 Å². The second-order valence-corrected chi connectivity index (χ2v) is 6.01. The molecule has 120 valence electrons. The number of aliphatic carboxylic acids is 1. The largest absolute Gasteiger partial charge is 0.480 e. The van der Waals surface area contributed by atoms with E-state index >= 15 is 0 Å². The van der Waals surface area contributed by atoms with Gasteiger partial charge in [0.05, 0.1) is 24.7 Å². The molecule has 1 fully saturated rings. The molecule has 0 saturated carbocycles.